The van der Waals surface area contributed by atoms with Gasteiger partial charge >= 0.3 is 5.69 Å². The monoisotopic (exact) mass is 411 g/mol. The molecule has 1 aliphatic rings. The zero-order valence-electron chi connectivity index (χ0n) is 15.4. The number of anilines is 2. The number of aromatic nitrogens is 2. The molecule has 29 heavy (non-hydrogen) atoms. The van der Waals surface area contributed by atoms with Crippen LogP contribution >= 0.6 is 11.8 Å². The van der Waals surface area contributed by atoms with Gasteiger partial charge in [-0.15, -0.1) is 0 Å². The van der Waals surface area contributed by atoms with Crippen molar-refractivity contribution in [2.75, 3.05) is 36.0 Å². The van der Waals surface area contributed by atoms with Gasteiger partial charge in [0.25, 0.3) is 0 Å². The summed E-state index contributed by atoms with van der Waals surface area (Å²) in [7, 11) is 0. The second-order valence-electron chi connectivity index (χ2n) is 6.45. The van der Waals surface area contributed by atoms with Gasteiger partial charge in [-0.3, -0.25) is 10.1 Å². The highest BCUT2D eigenvalue weighted by Gasteiger charge is 2.30. The van der Waals surface area contributed by atoms with E-state index in [4.69, 9.17) is 0 Å². The minimum absolute atomic E-state index is 0.0966. The lowest BCUT2D eigenvalue weighted by molar-refractivity contribution is -0.387. The number of hydrogen-bond donors (Lipinski definition) is 0. The van der Waals surface area contributed by atoms with E-state index < -0.39 is 4.92 Å². The SMILES string of the molecule is O=[N+]([O-])c1c(Sc2ccccc2)ncnc1N1CCN(c2ccccc2F)CC1. The van der Waals surface area contributed by atoms with Crippen molar-refractivity contribution in [1.29, 1.82) is 0 Å². The average Bonchev–Trinajstić information content (AvgIpc) is 2.75. The minimum atomic E-state index is -0.427. The number of benzene rings is 2. The Labute approximate surface area is 171 Å². The van der Waals surface area contributed by atoms with E-state index >= 15 is 0 Å². The highest BCUT2D eigenvalue weighted by molar-refractivity contribution is 7.99. The Balaban J connectivity index is 1.57. The maximum absolute atomic E-state index is 14.1. The zero-order chi connectivity index (χ0) is 20.2. The van der Waals surface area contributed by atoms with Gasteiger partial charge in [0.05, 0.1) is 10.6 Å². The summed E-state index contributed by atoms with van der Waals surface area (Å²) in [4.78, 5) is 24.4. The van der Waals surface area contributed by atoms with Gasteiger partial charge in [0.1, 0.15) is 12.1 Å². The van der Waals surface area contributed by atoms with Crippen LogP contribution in [0.2, 0.25) is 0 Å². The molecule has 1 aliphatic heterocycles. The fraction of sp³-hybridized carbons (Fsp3) is 0.200. The van der Waals surface area contributed by atoms with Crippen molar-refractivity contribution in [3.8, 4) is 0 Å². The Hall–Kier alpha value is -3.20. The van der Waals surface area contributed by atoms with E-state index in [-0.39, 0.29) is 11.5 Å². The molecule has 1 aromatic heterocycles. The van der Waals surface area contributed by atoms with E-state index in [0.29, 0.717) is 42.7 Å². The van der Waals surface area contributed by atoms with Gasteiger partial charge in [0.15, 0.2) is 5.03 Å². The molecule has 0 bridgehead atoms. The third-order valence-electron chi connectivity index (χ3n) is 4.68. The van der Waals surface area contributed by atoms with Gasteiger partial charge in [0.2, 0.25) is 5.82 Å². The van der Waals surface area contributed by atoms with Crippen molar-refractivity contribution >= 4 is 29.0 Å². The van der Waals surface area contributed by atoms with Crippen LogP contribution in [0.1, 0.15) is 0 Å². The van der Waals surface area contributed by atoms with Crippen molar-refractivity contribution in [3.05, 3.63) is 76.9 Å². The van der Waals surface area contributed by atoms with E-state index in [2.05, 4.69) is 9.97 Å². The molecule has 1 saturated heterocycles. The van der Waals surface area contributed by atoms with Crippen molar-refractivity contribution in [2.45, 2.75) is 9.92 Å². The summed E-state index contributed by atoms with van der Waals surface area (Å²) in [5, 5.41) is 12.1. The van der Waals surface area contributed by atoms with Crippen LogP contribution in [0.25, 0.3) is 0 Å². The van der Waals surface area contributed by atoms with Crippen LogP contribution in [0.3, 0.4) is 0 Å². The summed E-state index contributed by atoms with van der Waals surface area (Å²) in [5.41, 5.74) is 0.449. The Morgan fingerprint density at radius 1 is 0.931 bits per heavy atom. The van der Waals surface area contributed by atoms with E-state index in [1.165, 1.54) is 24.2 Å². The summed E-state index contributed by atoms with van der Waals surface area (Å²) < 4.78 is 14.1. The van der Waals surface area contributed by atoms with Crippen LogP contribution in [-0.2, 0) is 0 Å². The van der Waals surface area contributed by atoms with Crippen molar-refractivity contribution in [3.63, 3.8) is 0 Å². The van der Waals surface area contributed by atoms with Gasteiger partial charge < -0.3 is 9.80 Å². The molecule has 0 atom stereocenters. The highest BCUT2D eigenvalue weighted by atomic mass is 32.2. The summed E-state index contributed by atoms with van der Waals surface area (Å²) in [5.74, 6) is 0.0344. The predicted octanol–water partition coefficient (Wildman–Crippen LogP) is 4.00. The lowest BCUT2D eigenvalue weighted by atomic mass is 10.2. The summed E-state index contributed by atoms with van der Waals surface area (Å²) >= 11 is 1.24. The molecule has 0 radical (unpaired) electrons. The first-order chi connectivity index (χ1) is 14.1. The molecule has 148 valence electrons. The van der Waals surface area contributed by atoms with E-state index in [9.17, 15) is 14.5 Å². The van der Waals surface area contributed by atoms with Crippen LogP contribution in [0.5, 0.6) is 0 Å². The van der Waals surface area contributed by atoms with Crippen LogP contribution in [-0.4, -0.2) is 41.1 Å². The fourth-order valence-electron chi connectivity index (χ4n) is 3.29. The molecule has 2 heterocycles. The minimum Gasteiger partial charge on any atom is -0.366 e. The second-order valence-corrected chi connectivity index (χ2v) is 7.51. The van der Waals surface area contributed by atoms with Gasteiger partial charge in [0, 0.05) is 31.1 Å². The number of piperazine rings is 1. The first-order valence-electron chi connectivity index (χ1n) is 9.10. The molecule has 7 nitrogen and oxygen atoms in total. The lowest BCUT2D eigenvalue weighted by Crippen LogP contribution is -2.47. The standard InChI is InChI=1S/C20H18FN5O2S/c21-16-8-4-5-9-17(16)24-10-12-25(13-11-24)19-18(26(27)28)20(23-14-22-19)29-15-6-2-1-3-7-15/h1-9,14H,10-13H2. The molecule has 3 aromatic rings. The van der Waals surface area contributed by atoms with Crippen molar-refractivity contribution in [2.24, 2.45) is 0 Å². The quantitative estimate of drug-likeness (QED) is 0.357. The topological polar surface area (TPSA) is 75.4 Å². The van der Waals surface area contributed by atoms with Crippen LogP contribution in [0.15, 0.2) is 70.8 Å². The molecule has 4 rings (SSSR count). The summed E-state index contributed by atoms with van der Waals surface area (Å²) in [6, 6.07) is 16.0. The predicted molar refractivity (Wildman–Crippen MR) is 110 cm³/mol. The molecule has 0 N–H and O–H groups in total. The Kier molecular flexibility index (Phi) is 5.57. The van der Waals surface area contributed by atoms with E-state index in [1.807, 2.05) is 40.1 Å². The largest absolute Gasteiger partial charge is 0.366 e. The Morgan fingerprint density at radius 3 is 2.28 bits per heavy atom. The normalized spacial score (nSPS) is 14.1. The Morgan fingerprint density at radius 2 is 1.59 bits per heavy atom. The molecule has 0 aliphatic carbocycles. The maximum atomic E-state index is 14.1. The van der Waals surface area contributed by atoms with Gasteiger partial charge in [-0.2, -0.15) is 0 Å². The van der Waals surface area contributed by atoms with Gasteiger partial charge in [-0.25, -0.2) is 14.4 Å². The molecule has 0 amide bonds. The lowest BCUT2D eigenvalue weighted by Gasteiger charge is -2.36. The van der Waals surface area contributed by atoms with Crippen molar-refractivity contribution in [1.82, 2.24) is 9.97 Å². The third kappa shape index (κ3) is 4.14. The smallest absolute Gasteiger partial charge is 0.343 e. The van der Waals surface area contributed by atoms with Gasteiger partial charge in [-0.1, -0.05) is 42.1 Å². The molecule has 0 spiro atoms. The molecular weight excluding hydrogens is 393 g/mol. The number of halogens is 1. The third-order valence-corrected chi connectivity index (χ3v) is 5.68. The highest BCUT2D eigenvalue weighted by Crippen LogP contribution is 2.38. The van der Waals surface area contributed by atoms with E-state index in [1.54, 1.807) is 18.2 Å². The molecular formula is C20H18FN5O2S. The first kappa shape index (κ1) is 19.1. The fourth-order valence-corrected chi connectivity index (χ4v) is 4.17. The van der Waals surface area contributed by atoms with Crippen LogP contribution < -0.4 is 9.80 Å². The first-order valence-corrected chi connectivity index (χ1v) is 9.92. The number of rotatable bonds is 5. The zero-order valence-corrected chi connectivity index (χ0v) is 16.3. The number of nitro groups is 1. The van der Waals surface area contributed by atoms with Crippen LogP contribution in [0.4, 0.5) is 21.6 Å². The molecule has 0 saturated carbocycles. The van der Waals surface area contributed by atoms with Gasteiger partial charge in [-0.05, 0) is 24.3 Å². The summed E-state index contributed by atoms with van der Waals surface area (Å²) in [6.07, 6.45) is 1.36. The average molecular weight is 411 g/mol. The number of para-hydroxylation sites is 1. The molecule has 9 heteroatoms. The molecule has 1 fully saturated rings. The molecule has 0 unspecified atom stereocenters. The second kappa shape index (κ2) is 8.44. The Bertz CT molecular complexity index is 1010. The van der Waals surface area contributed by atoms with Crippen molar-refractivity contribution < 1.29 is 9.31 Å². The number of nitrogens with zero attached hydrogens (tertiary/aromatic N) is 5. The molecule has 2 aromatic carbocycles. The number of hydrogen-bond acceptors (Lipinski definition) is 7. The van der Waals surface area contributed by atoms with Crippen LogP contribution in [0, 0.1) is 15.9 Å². The van der Waals surface area contributed by atoms with E-state index in [0.717, 1.165) is 4.90 Å². The summed E-state index contributed by atoms with van der Waals surface area (Å²) in [6.45, 7) is 2.09. The maximum Gasteiger partial charge on any atom is 0.343 e.